The Hall–Kier alpha value is -1.34. The molecule has 2 aromatic rings. The molecule has 0 saturated heterocycles. The number of thiophene rings is 1. The fourth-order valence-electron chi connectivity index (χ4n) is 2.03. The average molecular weight is 339 g/mol. The van der Waals surface area contributed by atoms with E-state index in [0.29, 0.717) is 10.7 Å². The first kappa shape index (κ1) is 17.0. The molecule has 1 N–H and O–H groups in total. The maximum Gasteiger partial charge on any atom is 0.348 e. The van der Waals surface area contributed by atoms with Crippen molar-refractivity contribution in [3.8, 4) is 0 Å². The van der Waals surface area contributed by atoms with Gasteiger partial charge in [-0.05, 0) is 39.5 Å². The fourth-order valence-corrected chi connectivity index (χ4v) is 3.39. The van der Waals surface area contributed by atoms with E-state index in [1.807, 2.05) is 13.8 Å². The van der Waals surface area contributed by atoms with Crippen LogP contribution in [0, 0.1) is 13.8 Å². The number of methoxy groups -OCH3 is 1. The Kier molecular flexibility index (Phi) is 4.97. The normalized spacial score (nSPS) is 11.7. The maximum absolute atomic E-state index is 11.9. The van der Waals surface area contributed by atoms with E-state index in [0.717, 1.165) is 28.1 Å². The first-order valence-corrected chi connectivity index (χ1v) is 8.98. The number of fused-ring (bicyclic) bond motifs is 1. The number of carbonyl (C=O) groups excluding carboxylic acids is 1. The van der Waals surface area contributed by atoms with Crippen LogP contribution >= 0.6 is 23.1 Å². The molecule has 22 heavy (non-hydrogen) atoms. The number of nitrogens with one attached hydrogen (secondary N) is 1. The quantitative estimate of drug-likeness (QED) is 0.839. The number of anilines is 1. The molecule has 0 bridgehead atoms. The summed E-state index contributed by atoms with van der Waals surface area (Å²) in [5.41, 5.74) is 0.872. The Labute approximate surface area is 138 Å². The van der Waals surface area contributed by atoms with Gasteiger partial charge in [-0.3, -0.25) is 0 Å². The van der Waals surface area contributed by atoms with Crippen molar-refractivity contribution in [1.29, 1.82) is 0 Å². The molecule has 2 rings (SSSR count). The van der Waals surface area contributed by atoms with Crippen molar-refractivity contribution in [3.63, 3.8) is 0 Å². The third-order valence-corrected chi connectivity index (χ3v) is 5.92. The second-order valence-electron chi connectivity index (χ2n) is 5.66. The highest BCUT2D eigenvalue weighted by Crippen LogP contribution is 2.34. The van der Waals surface area contributed by atoms with Crippen LogP contribution in [0.1, 0.15) is 34.9 Å². The Morgan fingerprint density at radius 2 is 2.05 bits per heavy atom. The van der Waals surface area contributed by atoms with Crippen LogP contribution in [-0.4, -0.2) is 40.6 Å². The van der Waals surface area contributed by atoms with E-state index < -0.39 is 0 Å². The SMILES string of the molecule is COC(=O)c1sc2nc(C)nc(NCC(C)(C)SC)c2c1C. The zero-order valence-electron chi connectivity index (χ0n) is 13.7. The number of hydrogen-bond donors (Lipinski definition) is 1. The molecule has 7 heteroatoms. The summed E-state index contributed by atoms with van der Waals surface area (Å²) in [4.78, 5) is 22.3. The van der Waals surface area contributed by atoms with Gasteiger partial charge in [0, 0.05) is 11.3 Å². The first-order valence-electron chi connectivity index (χ1n) is 6.94. The number of ether oxygens (including phenoxy) is 1. The molecule has 0 radical (unpaired) electrons. The lowest BCUT2D eigenvalue weighted by atomic mass is 10.2. The third kappa shape index (κ3) is 3.35. The average Bonchev–Trinajstić information content (AvgIpc) is 2.81. The number of carbonyl (C=O) groups is 1. The van der Waals surface area contributed by atoms with Crippen LogP contribution < -0.4 is 5.32 Å². The number of aromatic nitrogens is 2. The zero-order chi connectivity index (χ0) is 16.5. The lowest BCUT2D eigenvalue weighted by molar-refractivity contribution is 0.0605. The van der Waals surface area contributed by atoms with E-state index >= 15 is 0 Å². The van der Waals surface area contributed by atoms with Gasteiger partial charge in [0.15, 0.2) is 0 Å². The number of aryl methyl sites for hydroxylation is 2. The first-order chi connectivity index (χ1) is 10.3. The van der Waals surface area contributed by atoms with Gasteiger partial charge in [-0.15, -0.1) is 11.3 Å². The molecule has 5 nitrogen and oxygen atoms in total. The minimum atomic E-state index is -0.325. The van der Waals surface area contributed by atoms with Gasteiger partial charge in [0.05, 0.1) is 12.5 Å². The van der Waals surface area contributed by atoms with Crippen LogP contribution in [0.15, 0.2) is 0 Å². The topological polar surface area (TPSA) is 64.1 Å². The predicted octanol–water partition coefficient (Wildman–Crippen LogP) is 3.65. The van der Waals surface area contributed by atoms with Crippen LogP contribution in [0.5, 0.6) is 0 Å². The summed E-state index contributed by atoms with van der Waals surface area (Å²) in [5, 5.41) is 4.32. The lowest BCUT2D eigenvalue weighted by Crippen LogP contribution is -2.26. The van der Waals surface area contributed by atoms with Crippen LogP contribution in [0.2, 0.25) is 0 Å². The van der Waals surface area contributed by atoms with Crippen molar-refractivity contribution < 1.29 is 9.53 Å². The number of esters is 1. The van der Waals surface area contributed by atoms with Crippen molar-refractivity contribution in [2.45, 2.75) is 32.4 Å². The maximum atomic E-state index is 11.9. The van der Waals surface area contributed by atoms with E-state index in [1.54, 1.807) is 11.8 Å². The molecule has 0 atom stereocenters. The Morgan fingerprint density at radius 1 is 1.36 bits per heavy atom. The summed E-state index contributed by atoms with van der Waals surface area (Å²) < 4.78 is 4.95. The van der Waals surface area contributed by atoms with Crippen molar-refractivity contribution >= 4 is 45.1 Å². The number of nitrogens with zero attached hydrogens (tertiary/aromatic N) is 2. The monoisotopic (exact) mass is 339 g/mol. The van der Waals surface area contributed by atoms with Gasteiger partial charge < -0.3 is 10.1 Å². The van der Waals surface area contributed by atoms with E-state index in [4.69, 9.17) is 4.74 Å². The molecule has 0 aliphatic heterocycles. The van der Waals surface area contributed by atoms with Crippen LogP contribution in [0.3, 0.4) is 0 Å². The highest BCUT2D eigenvalue weighted by atomic mass is 32.2. The second kappa shape index (κ2) is 6.42. The fraction of sp³-hybridized carbons (Fsp3) is 0.533. The zero-order valence-corrected chi connectivity index (χ0v) is 15.4. The molecule has 0 amide bonds. The van der Waals surface area contributed by atoms with E-state index in [2.05, 4.69) is 35.4 Å². The molecular weight excluding hydrogens is 318 g/mol. The van der Waals surface area contributed by atoms with Crippen LogP contribution in [0.4, 0.5) is 5.82 Å². The van der Waals surface area contributed by atoms with Gasteiger partial charge in [0.1, 0.15) is 21.3 Å². The van der Waals surface area contributed by atoms with E-state index in [-0.39, 0.29) is 10.7 Å². The molecule has 2 aromatic heterocycles. The highest BCUT2D eigenvalue weighted by Gasteiger charge is 2.22. The largest absolute Gasteiger partial charge is 0.465 e. The molecule has 0 saturated carbocycles. The Balaban J connectivity index is 2.49. The lowest BCUT2D eigenvalue weighted by Gasteiger charge is -2.23. The van der Waals surface area contributed by atoms with Crippen molar-refractivity contribution in [2.75, 3.05) is 25.2 Å². The molecule has 0 aliphatic carbocycles. The molecule has 0 aromatic carbocycles. The minimum Gasteiger partial charge on any atom is -0.465 e. The molecule has 0 fully saturated rings. The van der Waals surface area contributed by atoms with Gasteiger partial charge in [0.2, 0.25) is 0 Å². The highest BCUT2D eigenvalue weighted by molar-refractivity contribution is 7.99. The number of thioether (sulfide) groups is 1. The summed E-state index contributed by atoms with van der Waals surface area (Å²) >= 11 is 3.15. The van der Waals surface area contributed by atoms with Crippen LogP contribution in [-0.2, 0) is 4.74 Å². The van der Waals surface area contributed by atoms with Gasteiger partial charge in [-0.2, -0.15) is 11.8 Å². The Morgan fingerprint density at radius 3 is 2.64 bits per heavy atom. The standard InChI is InChI=1S/C15H21N3O2S2/c1-8-10-12(16-7-15(3,4)21-6)17-9(2)18-13(10)22-11(8)14(19)20-5/h7H2,1-6H3,(H,16,17,18). The Bertz CT molecular complexity index is 710. The van der Waals surface area contributed by atoms with Crippen molar-refractivity contribution in [1.82, 2.24) is 9.97 Å². The van der Waals surface area contributed by atoms with Crippen molar-refractivity contribution in [3.05, 3.63) is 16.3 Å². The van der Waals surface area contributed by atoms with E-state index in [9.17, 15) is 4.79 Å². The summed E-state index contributed by atoms with van der Waals surface area (Å²) in [5.74, 6) is 1.15. The third-order valence-electron chi connectivity index (χ3n) is 3.51. The minimum absolute atomic E-state index is 0.0975. The van der Waals surface area contributed by atoms with Gasteiger partial charge in [-0.1, -0.05) is 0 Å². The molecule has 2 heterocycles. The molecule has 0 aliphatic rings. The molecule has 0 spiro atoms. The summed E-state index contributed by atoms with van der Waals surface area (Å²) in [6.07, 6.45) is 2.09. The molecule has 120 valence electrons. The molecular formula is C15H21N3O2S2. The summed E-state index contributed by atoms with van der Waals surface area (Å²) in [7, 11) is 1.39. The molecule has 0 unspecified atom stereocenters. The van der Waals surface area contributed by atoms with Gasteiger partial charge >= 0.3 is 5.97 Å². The number of hydrogen-bond acceptors (Lipinski definition) is 7. The van der Waals surface area contributed by atoms with Gasteiger partial charge in [-0.25, -0.2) is 14.8 Å². The second-order valence-corrected chi connectivity index (χ2v) is 8.18. The predicted molar refractivity (Wildman–Crippen MR) is 94.3 cm³/mol. The smallest absolute Gasteiger partial charge is 0.348 e. The summed E-state index contributed by atoms with van der Waals surface area (Å²) in [6.45, 7) is 8.90. The van der Waals surface area contributed by atoms with Crippen molar-refractivity contribution in [2.24, 2.45) is 0 Å². The van der Waals surface area contributed by atoms with Gasteiger partial charge in [0.25, 0.3) is 0 Å². The number of rotatable bonds is 5. The summed E-state index contributed by atoms with van der Waals surface area (Å²) in [6, 6.07) is 0. The van der Waals surface area contributed by atoms with Crippen LogP contribution in [0.25, 0.3) is 10.2 Å². The van der Waals surface area contributed by atoms with E-state index in [1.165, 1.54) is 18.4 Å².